The summed E-state index contributed by atoms with van der Waals surface area (Å²) < 4.78 is 12.5. The van der Waals surface area contributed by atoms with Crippen molar-refractivity contribution >= 4 is 16.9 Å². The zero-order valence-electron chi connectivity index (χ0n) is 13.4. The molecule has 0 radical (unpaired) electrons. The topological polar surface area (TPSA) is 57.5 Å². The van der Waals surface area contributed by atoms with E-state index < -0.39 is 5.97 Å². The maximum absolute atomic E-state index is 12.7. The van der Waals surface area contributed by atoms with E-state index >= 15 is 0 Å². The second-order valence-corrected chi connectivity index (χ2v) is 4.97. The second kappa shape index (κ2) is 6.64. The molecule has 1 heterocycles. The van der Waals surface area contributed by atoms with Crippen molar-refractivity contribution in [2.75, 3.05) is 13.2 Å². The summed E-state index contributed by atoms with van der Waals surface area (Å²) in [5.41, 5.74) is 1.47. The molecule has 0 fully saturated rings. The highest BCUT2D eigenvalue weighted by molar-refractivity contribution is 5.96. The van der Waals surface area contributed by atoms with E-state index in [0.717, 1.165) is 11.1 Å². The molecule has 22 heavy (non-hydrogen) atoms. The summed E-state index contributed by atoms with van der Waals surface area (Å²) in [6, 6.07) is 3.75. The number of nitrogens with zero attached hydrogens (tertiary/aromatic N) is 1. The van der Waals surface area contributed by atoms with Crippen LogP contribution in [-0.2, 0) is 11.3 Å². The van der Waals surface area contributed by atoms with Gasteiger partial charge < -0.3 is 14.0 Å². The smallest absolute Gasteiger partial charge is 0.343 e. The summed E-state index contributed by atoms with van der Waals surface area (Å²) in [5.74, 6) is -0.0875. The van der Waals surface area contributed by atoms with Gasteiger partial charge in [-0.05, 0) is 45.4 Å². The summed E-state index contributed by atoms with van der Waals surface area (Å²) >= 11 is 0. The highest BCUT2D eigenvalue weighted by Crippen LogP contribution is 2.26. The third-order valence-corrected chi connectivity index (χ3v) is 3.43. The number of hydrogen-bond donors (Lipinski definition) is 0. The molecule has 0 saturated heterocycles. The van der Waals surface area contributed by atoms with E-state index in [2.05, 4.69) is 0 Å². The first-order valence-corrected chi connectivity index (χ1v) is 7.51. The Labute approximate surface area is 129 Å². The summed E-state index contributed by atoms with van der Waals surface area (Å²) in [5, 5.41) is 0.430. The van der Waals surface area contributed by atoms with Crippen molar-refractivity contribution in [3.8, 4) is 5.75 Å². The molecule has 1 aromatic carbocycles. The number of benzene rings is 1. The number of carbonyl (C=O) groups excluding carboxylic acids is 1. The SMILES string of the molecule is CCOC(=O)c1cn(CC)c2cc(C)cc(OCC)c2c1=O. The second-order valence-electron chi connectivity index (χ2n) is 4.97. The van der Waals surface area contributed by atoms with Gasteiger partial charge in [-0.1, -0.05) is 0 Å². The van der Waals surface area contributed by atoms with Gasteiger partial charge in [-0.25, -0.2) is 4.79 Å². The van der Waals surface area contributed by atoms with Gasteiger partial charge in [0.15, 0.2) is 0 Å². The molecule has 2 rings (SSSR count). The number of rotatable bonds is 5. The van der Waals surface area contributed by atoms with Crippen LogP contribution in [0.15, 0.2) is 23.1 Å². The first-order chi connectivity index (χ1) is 10.5. The Morgan fingerprint density at radius 2 is 1.91 bits per heavy atom. The number of carbonyl (C=O) groups is 1. The normalized spacial score (nSPS) is 10.7. The Kier molecular flexibility index (Phi) is 4.85. The van der Waals surface area contributed by atoms with Crippen LogP contribution in [0.5, 0.6) is 5.75 Å². The van der Waals surface area contributed by atoms with E-state index in [9.17, 15) is 9.59 Å². The zero-order valence-corrected chi connectivity index (χ0v) is 13.4. The summed E-state index contributed by atoms with van der Waals surface area (Å²) in [6.45, 7) is 8.81. The average molecular weight is 303 g/mol. The van der Waals surface area contributed by atoms with E-state index in [1.807, 2.05) is 37.5 Å². The van der Waals surface area contributed by atoms with Gasteiger partial charge in [-0.2, -0.15) is 0 Å². The van der Waals surface area contributed by atoms with Crippen LogP contribution in [0.1, 0.15) is 36.7 Å². The van der Waals surface area contributed by atoms with Crippen molar-refractivity contribution in [2.24, 2.45) is 0 Å². The van der Waals surface area contributed by atoms with Crippen LogP contribution in [0.3, 0.4) is 0 Å². The predicted octanol–water partition coefficient (Wildman–Crippen LogP) is 2.91. The Hall–Kier alpha value is -2.30. The highest BCUT2D eigenvalue weighted by Gasteiger charge is 2.19. The van der Waals surface area contributed by atoms with Crippen LogP contribution >= 0.6 is 0 Å². The van der Waals surface area contributed by atoms with Gasteiger partial charge >= 0.3 is 5.97 Å². The van der Waals surface area contributed by atoms with Gasteiger partial charge in [0.1, 0.15) is 11.3 Å². The van der Waals surface area contributed by atoms with Crippen LogP contribution < -0.4 is 10.2 Å². The third kappa shape index (κ3) is 2.84. The Morgan fingerprint density at radius 1 is 1.18 bits per heavy atom. The van der Waals surface area contributed by atoms with E-state index in [-0.39, 0.29) is 17.6 Å². The van der Waals surface area contributed by atoms with Crippen LogP contribution in [0.2, 0.25) is 0 Å². The molecule has 0 amide bonds. The van der Waals surface area contributed by atoms with Crippen LogP contribution in [0, 0.1) is 6.92 Å². The summed E-state index contributed by atoms with van der Waals surface area (Å²) in [4.78, 5) is 24.8. The van der Waals surface area contributed by atoms with Crippen molar-refractivity contribution in [3.05, 3.63) is 39.7 Å². The maximum atomic E-state index is 12.7. The Balaban J connectivity index is 2.85. The zero-order chi connectivity index (χ0) is 16.3. The van der Waals surface area contributed by atoms with Gasteiger partial charge in [0.05, 0.1) is 24.1 Å². The molecule has 0 atom stereocenters. The fraction of sp³-hybridized carbons (Fsp3) is 0.412. The first-order valence-electron chi connectivity index (χ1n) is 7.51. The standard InChI is InChI=1S/C17H21NO4/c1-5-18-10-12(17(20)22-7-3)16(19)15-13(18)8-11(4)9-14(15)21-6-2/h8-10H,5-7H2,1-4H3. The van der Waals surface area contributed by atoms with E-state index in [1.54, 1.807) is 13.1 Å². The minimum absolute atomic E-state index is 0.0426. The molecule has 0 N–H and O–H groups in total. The number of aromatic nitrogens is 1. The fourth-order valence-electron chi connectivity index (χ4n) is 2.49. The molecule has 0 unspecified atom stereocenters. The largest absolute Gasteiger partial charge is 0.493 e. The monoisotopic (exact) mass is 303 g/mol. The highest BCUT2D eigenvalue weighted by atomic mass is 16.5. The molecule has 2 aromatic rings. The minimum atomic E-state index is -0.598. The molecule has 5 heteroatoms. The average Bonchev–Trinajstić information content (AvgIpc) is 2.47. The third-order valence-electron chi connectivity index (χ3n) is 3.43. The molecule has 0 spiro atoms. The Morgan fingerprint density at radius 3 is 2.50 bits per heavy atom. The molecule has 0 aliphatic heterocycles. The molecular formula is C17H21NO4. The molecule has 1 aromatic heterocycles. The lowest BCUT2D eigenvalue weighted by atomic mass is 10.1. The molecule has 0 saturated carbocycles. The molecule has 5 nitrogen and oxygen atoms in total. The number of esters is 1. The van der Waals surface area contributed by atoms with Crippen LogP contribution in [0.4, 0.5) is 0 Å². The number of aryl methyl sites for hydroxylation is 2. The predicted molar refractivity (Wildman–Crippen MR) is 85.7 cm³/mol. The van der Waals surface area contributed by atoms with Crippen LogP contribution in [-0.4, -0.2) is 23.8 Å². The van der Waals surface area contributed by atoms with Crippen molar-refractivity contribution in [3.63, 3.8) is 0 Å². The van der Waals surface area contributed by atoms with Crippen molar-refractivity contribution in [1.82, 2.24) is 4.57 Å². The van der Waals surface area contributed by atoms with E-state index in [4.69, 9.17) is 9.47 Å². The van der Waals surface area contributed by atoms with Gasteiger partial charge in [0, 0.05) is 12.7 Å². The van der Waals surface area contributed by atoms with Crippen LogP contribution in [0.25, 0.3) is 10.9 Å². The Bertz CT molecular complexity index is 761. The van der Waals surface area contributed by atoms with E-state index in [0.29, 0.717) is 24.3 Å². The van der Waals surface area contributed by atoms with Crippen molar-refractivity contribution in [1.29, 1.82) is 0 Å². The van der Waals surface area contributed by atoms with Gasteiger partial charge in [-0.3, -0.25) is 4.79 Å². The number of fused-ring (bicyclic) bond motifs is 1. The molecule has 118 valence electrons. The number of pyridine rings is 1. The van der Waals surface area contributed by atoms with E-state index in [1.165, 1.54) is 0 Å². The van der Waals surface area contributed by atoms with Gasteiger partial charge in [0.2, 0.25) is 5.43 Å². The van der Waals surface area contributed by atoms with Crippen molar-refractivity contribution in [2.45, 2.75) is 34.2 Å². The van der Waals surface area contributed by atoms with Gasteiger partial charge in [-0.15, -0.1) is 0 Å². The van der Waals surface area contributed by atoms with Crippen molar-refractivity contribution < 1.29 is 14.3 Å². The molecule has 0 aliphatic carbocycles. The molecule has 0 aliphatic rings. The minimum Gasteiger partial charge on any atom is -0.493 e. The molecule has 0 bridgehead atoms. The fourth-order valence-corrected chi connectivity index (χ4v) is 2.49. The lowest BCUT2D eigenvalue weighted by molar-refractivity contribution is 0.0524. The van der Waals surface area contributed by atoms with Gasteiger partial charge in [0.25, 0.3) is 0 Å². The quantitative estimate of drug-likeness (QED) is 0.797. The molecular weight excluding hydrogens is 282 g/mol. The lowest BCUT2D eigenvalue weighted by Crippen LogP contribution is -2.21. The summed E-state index contributed by atoms with van der Waals surface area (Å²) in [6.07, 6.45) is 1.57. The maximum Gasteiger partial charge on any atom is 0.343 e. The first kappa shape index (κ1) is 16.1. The summed E-state index contributed by atoms with van der Waals surface area (Å²) in [7, 11) is 0. The number of ether oxygens (including phenoxy) is 2. The lowest BCUT2D eigenvalue weighted by Gasteiger charge is -2.15. The number of hydrogen-bond acceptors (Lipinski definition) is 4.